The first kappa shape index (κ1) is 24.1. The van der Waals surface area contributed by atoms with Gasteiger partial charge in [0.05, 0.1) is 19.8 Å². The van der Waals surface area contributed by atoms with Crippen LogP contribution in [-0.2, 0) is 6.61 Å². The fourth-order valence-corrected chi connectivity index (χ4v) is 4.59. The molecule has 0 unspecified atom stereocenters. The SMILES string of the molecule is CCOc1ccc(OCC2CCC(c3ccc(-c4ccc(CO)cc4)c(F)c3F)CC2)cc1F. The molecule has 0 aromatic heterocycles. The summed E-state index contributed by atoms with van der Waals surface area (Å²) in [5.41, 5.74) is 1.93. The third kappa shape index (κ3) is 5.39. The van der Waals surface area contributed by atoms with Crippen LogP contribution in [0.3, 0.4) is 0 Å². The Morgan fingerprint density at radius 3 is 2.24 bits per heavy atom. The molecule has 1 saturated carbocycles. The minimum atomic E-state index is -0.836. The van der Waals surface area contributed by atoms with Gasteiger partial charge in [-0.1, -0.05) is 36.4 Å². The first-order valence-corrected chi connectivity index (χ1v) is 11.7. The molecule has 0 amide bonds. The van der Waals surface area contributed by atoms with Gasteiger partial charge in [0, 0.05) is 11.6 Å². The van der Waals surface area contributed by atoms with Crippen LogP contribution >= 0.6 is 0 Å². The Bertz CT molecular complexity index is 1110. The van der Waals surface area contributed by atoms with E-state index in [0.717, 1.165) is 31.2 Å². The highest BCUT2D eigenvalue weighted by Crippen LogP contribution is 2.39. The number of rotatable bonds is 8. The number of halogens is 3. The van der Waals surface area contributed by atoms with Crippen molar-refractivity contribution in [2.24, 2.45) is 5.92 Å². The quantitative estimate of drug-likeness (QED) is 0.385. The molecule has 3 aromatic carbocycles. The van der Waals surface area contributed by atoms with Crippen LogP contribution in [0.4, 0.5) is 13.2 Å². The van der Waals surface area contributed by atoms with Crippen LogP contribution < -0.4 is 9.47 Å². The summed E-state index contributed by atoms with van der Waals surface area (Å²) in [4.78, 5) is 0. The largest absolute Gasteiger partial charge is 0.493 e. The molecule has 0 spiro atoms. The molecule has 3 aromatic rings. The second kappa shape index (κ2) is 11.0. The van der Waals surface area contributed by atoms with Gasteiger partial charge < -0.3 is 14.6 Å². The van der Waals surface area contributed by atoms with Crippen molar-refractivity contribution in [3.05, 3.63) is 83.2 Å². The van der Waals surface area contributed by atoms with Gasteiger partial charge in [-0.3, -0.25) is 0 Å². The fourth-order valence-electron chi connectivity index (χ4n) is 4.59. The minimum Gasteiger partial charge on any atom is -0.493 e. The lowest BCUT2D eigenvalue weighted by molar-refractivity contribution is 0.198. The van der Waals surface area contributed by atoms with Gasteiger partial charge in [-0.25, -0.2) is 13.2 Å². The van der Waals surface area contributed by atoms with Crippen LogP contribution in [0.2, 0.25) is 0 Å². The lowest BCUT2D eigenvalue weighted by Crippen LogP contribution is -2.20. The predicted molar refractivity (Wildman–Crippen MR) is 125 cm³/mol. The van der Waals surface area contributed by atoms with Crippen molar-refractivity contribution in [2.75, 3.05) is 13.2 Å². The Balaban J connectivity index is 1.35. The molecule has 0 saturated heterocycles. The Kier molecular flexibility index (Phi) is 7.78. The summed E-state index contributed by atoms with van der Waals surface area (Å²) in [7, 11) is 0. The second-order valence-corrected chi connectivity index (χ2v) is 8.74. The van der Waals surface area contributed by atoms with E-state index < -0.39 is 17.5 Å². The Morgan fingerprint density at radius 2 is 1.59 bits per heavy atom. The molecule has 0 heterocycles. The van der Waals surface area contributed by atoms with Gasteiger partial charge in [-0.2, -0.15) is 0 Å². The Labute approximate surface area is 198 Å². The topological polar surface area (TPSA) is 38.7 Å². The molecule has 4 rings (SSSR count). The molecule has 0 atom stereocenters. The van der Waals surface area contributed by atoms with Gasteiger partial charge >= 0.3 is 0 Å². The van der Waals surface area contributed by atoms with E-state index in [1.165, 1.54) is 6.07 Å². The smallest absolute Gasteiger partial charge is 0.168 e. The van der Waals surface area contributed by atoms with E-state index in [1.54, 1.807) is 55.5 Å². The molecule has 0 aliphatic heterocycles. The maximum atomic E-state index is 15.0. The summed E-state index contributed by atoms with van der Waals surface area (Å²) >= 11 is 0. The summed E-state index contributed by atoms with van der Waals surface area (Å²) in [6.45, 7) is 2.55. The van der Waals surface area contributed by atoms with Gasteiger partial charge in [0.15, 0.2) is 23.2 Å². The van der Waals surface area contributed by atoms with Crippen molar-refractivity contribution < 1.29 is 27.8 Å². The van der Waals surface area contributed by atoms with E-state index in [1.807, 2.05) is 0 Å². The number of aliphatic hydroxyl groups excluding tert-OH is 1. The summed E-state index contributed by atoms with van der Waals surface area (Å²) in [6, 6.07) is 14.7. The highest BCUT2D eigenvalue weighted by molar-refractivity contribution is 5.65. The molecular formula is C28H29F3O3. The first-order chi connectivity index (χ1) is 16.5. The zero-order chi connectivity index (χ0) is 24.1. The minimum absolute atomic E-state index is 0.0421. The lowest BCUT2D eigenvalue weighted by atomic mass is 9.78. The zero-order valence-electron chi connectivity index (χ0n) is 19.2. The lowest BCUT2D eigenvalue weighted by Gasteiger charge is -2.29. The van der Waals surface area contributed by atoms with Crippen molar-refractivity contribution in [1.82, 2.24) is 0 Å². The van der Waals surface area contributed by atoms with Crippen molar-refractivity contribution >= 4 is 0 Å². The number of benzene rings is 3. The molecule has 180 valence electrons. The van der Waals surface area contributed by atoms with Crippen LogP contribution in [0.5, 0.6) is 11.5 Å². The van der Waals surface area contributed by atoms with Crippen LogP contribution in [0.15, 0.2) is 54.6 Å². The molecule has 6 heteroatoms. The van der Waals surface area contributed by atoms with Gasteiger partial charge in [-0.05, 0) is 73.3 Å². The van der Waals surface area contributed by atoms with E-state index in [9.17, 15) is 13.2 Å². The van der Waals surface area contributed by atoms with Crippen molar-refractivity contribution in [3.8, 4) is 22.6 Å². The maximum Gasteiger partial charge on any atom is 0.168 e. The van der Waals surface area contributed by atoms with Crippen molar-refractivity contribution in [3.63, 3.8) is 0 Å². The first-order valence-electron chi connectivity index (χ1n) is 11.7. The molecule has 1 fully saturated rings. The monoisotopic (exact) mass is 470 g/mol. The summed E-state index contributed by atoms with van der Waals surface area (Å²) in [6.07, 6.45) is 3.14. The third-order valence-corrected chi connectivity index (χ3v) is 6.54. The fraction of sp³-hybridized carbons (Fsp3) is 0.357. The summed E-state index contributed by atoms with van der Waals surface area (Å²) in [5.74, 6) is -1.17. The molecular weight excluding hydrogens is 441 g/mol. The molecule has 0 bridgehead atoms. The molecule has 1 aliphatic rings. The molecule has 0 radical (unpaired) electrons. The Morgan fingerprint density at radius 1 is 0.853 bits per heavy atom. The Hall–Kier alpha value is -2.99. The van der Waals surface area contributed by atoms with E-state index in [0.29, 0.717) is 30.1 Å². The van der Waals surface area contributed by atoms with Crippen LogP contribution in [-0.4, -0.2) is 18.3 Å². The van der Waals surface area contributed by atoms with Crippen LogP contribution in [0.1, 0.15) is 49.7 Å². The number of aliphatic hydroxyl groups is 1. The normalized spacial score (nSPS) is 18.0. The molecule has 3 nitrogen and oxygen atoms in total. The second-order valence-electron chi connectivity index (χ2n) is 8.74. The predicted octanol–water partition coefficient (Wildman–Crippen LogP) is 7.01. The van der Waals surface area contributed by atoms with E-state index in [4.69, 9.17) is 14.6 Å². The van der Waals surface area contributed by atoms with Crippen molar-refractivity contribution in [1.29, 1.82) is 0 Å². The van der Waals surface area contributed by atoms with E-state index in [2.05, 4.69) is 0 Å². The number of hydrogen-bond acceptors (Lipinski definition) is 3. The molecule has 1 N–H and O–H groups in total. The third-order valence-electron chi connectivity index (χ3n) is 6.54. The number of ether oxygens (including phenoxy) is 2. The van der Waals surface area contributed by atoms with E-state index >= 15 is 0 Å². The van der Waals surface area contributed by atoms with Gasteiger partial charge in [0.2, 0.25) is 0 Å². The van der Waals surface area contributed by atoms with Gasteiger partial charge in [0.1, 0.15) is 5.75 Å². The molecule has 1 aliphatic carbocycles. The summed E-state index contributed by atoms with van der Waals surface area (Å²) in [5, 5.41) is 9.17. The average molecular weight is 471 g/mol. The van der Waals surface area contributed by atoms with Crippen LogP contribution in [0.25, 0.3) is 11.1 Å². The number of hydrogen-bond donors (Lipinski definition) is 1. The zero-order valence-corrected chi connectivity index (χ0v) is 19.2. The highest BCUT2D eigenvalue weighted by atomic mass is 19.2. The highest BCUT2D eigenvalue weighted by Gasteiger charge is 2.27. The standard InChI is InChI=1S/C28H29F3O3/c1-2-33-26-14-11-22(15-25(26)29)34-17-19-5-9-21(10-6-19)24-13-12-23(27(30)28(24)31)20-7-3-18(16-32)4-8-20/h3-4,7-8,11-15,19,21,32H,2,5-6,9-10,16-17H2,1H3. The van der Waals surface area contributed by atoms with Crippen LogP contribution in [0, 0.1) is 23.4 Å². The van der Waals surface area contributed by atoms with E-state index in [-0.39, 0.29) is 29.8 Å². The maximum absolute atomic E-state index is 15.0. The molecule has 34 heavy (non-hydrogen) atoms. The summed E-state index contributed by atoms with van der Waals surface area (Å²) < 4.78 is 54.9. The van der Waals surface area contributed by atoms with Gasteiger partial charge in [-0.15, -0.1) is 0 Å². The average Bonchev–Trinajstić information content (AvgIpc) is 2.86. The van der Waals surface area contributed by atoms with Crippen molar-refractivity contribution in [2.45, 2.75) is 45.1 Å². The van der Waals surface area contributed by atoms with Gasteiger partial charge in [0.25, 0.3) is 0 Å².